The Labute approximate surface area is 116 Å². The lowest BCUT2D eigenvalue weighted by atomic mass is 10.1. The van der Waals surface area contributed by atoms with E-state index in [-0.39, 0.29) is 0 Å². The van der Waals surface area contributed by atoms with Gasteiger partial charge in [0.1, 0.15) is 12.7 Å². The zero-order valence-corrected chi connectivity index (χ0v) is 11.0. The highest BCUT2D eigenvalue weighted by Crippen LogP contribution is 2.28. The van der Waals surface area contributed by atoms with Crippen LogP contribution in [-0.2, 0) is 6.54 Å². The normalized spacial score (nSPS) is 10.4. The number of benzene rings is 1. The van der Waals surface area contributed by atoms with Gasteiger partial charge in [-0.25, -0.2) is 14.6 Å². The molecule has 99 valence electrons. The molecule has 0 fully saturated rings. The molecule has 2 aromatic heterocycles. The Bertz CT molecular complexity index is 680. The molecule has 0 bridgehead atoms. The van der Waals surface area contributed by atoms with Crippen molar-refractivity contribution in [1.29, 1.82) is 0 Å². The van der Waals surface area contributed by atoms with Gasteiger partial charge in [-0.3, -0.25) is 0 Å². The van der Waals surface area contributed by atoms with Crippen LogP contribution in [0.5, 0.6) is 5.88 Å². The summed E-state index contributed by atoms with van der Waals surface area (Å²) < 4.78 is 7.08. The molecule has 0 aliphatic carbocycles. The fourth-order valence-electron chi connectivity index (χ4n) is 2.01. The predicted octanol–water partition coefficient (Wildman–Crippen LogP) is 2.20. The van der Waals surface area contributed by atoms with E-state index in [1.807, 2.05) is 24.3 Å². The molecule has 3 aromatic rings. The van der Waals surface area contributed by atoms with Crippen molar-refractivity contribution < 1.29 is 4.74 Å². The lowest BCUT2D eigenvalue weighted by Crippen LogP contribution is -2.02. The number of methoxy groups -OCH3 is 1. The quantitative estimate of drug-likeness (QED) is 0.725. The van der Waals surface area contributed by atoms with Crippen molar-refractivity contribution in [3.8, 4) is 17.0 Å². The SMILES string of the molecule is COc1ncc(Cn2cncn2)cc1-c1c[c]ccc1. The molecule has 1 radical (unpaired) electrons. The van der Waals surface area contributed by atoms with E-state index >= 15 is 0 Å². The summed E-state index contributed by atoms with van der Waals surface area (Å²) in [5.74, 6) is 0.604. The molecule has 0 saturated heterocycles. The largest absolute Gasteiger partial charge is 0.481 e. The maximum absolute atomic E-state index is 5.33. The zero-order valence-electron chi connectivity index (χ0n) is 11.0. The van der Waals surface area contributed by atoms with Crippen molar-refractivity contribution in [3.63, 3.8) is 0 Å². The standard InChI is InChI=1S/C15H13N4O/c1-20-15-14(13-5-3-2-4-6-13)7-12(8-17-15)9-19-11-16-10-18-19/h2-3,5-8,10-11H,9H2,1H3. The third-order valence-corrected chi connectivity index (χ3v) is 2.93. The van der Waals surface area contributed by atoms with Crippen LogP contribution in [0.2, 0.25) is 0 Å². The van der Waals surface area contributed by atoms with E-state index < -0.39 is 0 Å². The van der Waals surface area contributed by atoms with Gasteiger partial charge in [0, 0.05) is 11.8 Å². The zero-order chi connectivity index (χ0) is 13.8. The van der Waals surface area contributed by atoms with Crippen LogP contribution in [-0.4, -0.2) is 26.9 Å². The van der Waals surface area contributed by atoms with E-state index in [2.05, 4.69) is 27.2 Å². The van der Waals surface area contributed by atoms with E-state index in [1.165, 1.54) is 6.33 Å². The highest BCUT2D eigenvalue weighted by Gasteiger charge is 2.09. The van der Waals surface area contributed by atoms with Crippen LogP contribution in [0.25, 0.3) is 11.1 Å². The minimum Gasteiger partial charge on any atom is -0.481 e. The summed E-state index contributed by atoms with van der Waals surface area (Å²) in [5, 5.41) is 4.10. The summed E-state index contributed by atoms with van der Waals surface area (Å²) in [7, 11) is 1.62. The molecule has 5 heteroatoms. The molecule has 0 N–H and O–H groups in total. The maximum atomic E-state index is 5.33. The molecule has 0 amide bonds. The summed E-state index contributed by atoms with van der Waals surface area (Å²) in [6.45, 7) is 0.626. The van der Waals surface area contributed by atoms with Crippen LogP contribution in [0, 0.1) is 6.07 Å². The molecule has 20 heavy (non-hydrogen) atoms. The number of hydrogen-bond donors (Lipinski definition) is 0. The van der Waals surface area contributed by atoms with E-state index in [0.29, 0.717) is 12.4 Å². The summed E-state index contributed by atoms with van der Waals surface area (Å²) in [6.07, 6.45) is 4.99. The maximum Gasteiger partial charge on any atom is 0.221 e. The molecule has 0 unspecified atom stereocenters. The van der Waals surface area contributed by atoms with E-state index in [4.69, 9.17) is 4.74 Å². The Hall–Kier alpha value is -2.69. The van der Waals surface area contributed by atoms with Gasteiger partial charge >= 0.3 is 0 Å². The average Bonchev–Trinajstić information content (AvgIpc) is 3.01. The van der Waals surface area contributed by atoms with Crippen LogP contribution in [0.15, 0.2) is 49.2 Å². The molecular weight excluding hydrogens is 252 g/mol. The van der Waals surface area contributed by atoms with Crippen LogP contribution in [0.3, 0.4) is 0 Å². The molecule has 2 heterocycles. The molecule has 0 spiro atoms. The monoisotopic (exact) mass is 265 g/mol. The molecule has 0 aliphatic rings. The minimum absolute atomic E-state index is 0.604. The second kappa shape index (κ2) is 5.52. The lowest BCUT2D eigenvalue weighted by molar-refractivity contribution is 0.399. The summed E-state index contributed by atoms with van der Waals surface area (Å²) in [5.41, 5.74) is 3.01. The summed E-state index contributed by atoms with van der Waals surface area (Å²) >= 11 is 0. The lowest BCUT2D eigenvalue weighted by Gasteiger charge is -2.10. The first-order valence-corrected chi connectivity index (χ1v) is 6.18. The third-order valence-electron chi connectivity index (χ3n) is 2.93. The van der Waals surface area contributed by atoms with Crippen molar-refractivity contribution in [2.24, 2.45) is 0 Å². The second-order valence-corrected chi connectivity index (χ2v) is 4.29. The minimum atomic E-state index is 0.604. The highest BCUT2D eigenvalue weighted by atomic mass is 16.5. The van der Waals surface area contributed by atoms with Crippen molar-refractivity contribution in [2.75, 3.05) is 7.11 Å². The van der Waals surface area contributed by atoms with Crippen molar-refractivity contribution in [2.45, 2.75) is 6.54 Å². The summed E-state index contributed by atoms with van der Waals surface area (Å²) in [4.78, 5) is 8.29. The number of nitrogens with zero attached hydrogens (tertiary/aromatic N) is 4. The van der Waals surface area contributed by atoms with Gasteiger partial charge in [-0.1, -0.05) is 18.2 Å². The molecule has 0 saturated carbocycles. The van der Waals surface area contributed by atoms with Gasteiger partial charge in [-0.2, -0.15) is 5.10 Å². The van der Waals surface area contributed by atoms with Gasteiger partial charge < -0.3 is 4.74 Å². The van der Waals surface area contributed by atoms with Crippen LogP contribution in [0.4, 0.5) is 0 Å². The number of pyridine rings is 1. The first-order valence-electron chi connectivity index (χ1n) is 6.18. The van der Waals surface area contributed by atoms with Crippen molar-refractivity contribution in [1.82, 2.24) is 19.7 Å². The Kier molecular flexibility index (Phi) is 3.41. The highest BCUT2D eigenvalue weighted by molar-refractivity contribution is 5.68. The second-order valence-electron chi connectivity index (χ2n) is 4.29. The van der Waals surface area contributed by atoms with Crippen LogP contribution in [0.1, 0.15) is 5.56 Å². The van der Waals surface area contributed by atoms with E-state index in [1.54, 1.807) is 24.3 Å². The van der Waals surface area contributed by atoms with Gasteiger partial charge in [-0.05, 0) is 29.3 Å². The van der Waals surface area contributed by atoms with Crippen molar-refractivity contribution in [3.05, 3.63) is 60.8 Å². The Balaban J connectivity index is 1.99. The third kappa shape index (κ3) is 2.51. The molecule has 5 nitrogen and oxygen atoms in total. The number of ether oxygens (including phenoxy) is 1. The topological polar surface area (TPSA) is 52.8 Å². The molecule has 0 aliphatic heterocycles. The Morgan fingerprint density at radius 3 is 3.05 bits per heavy atom. The predicted molar refractivity (Wildman–Crippen MR) is 74.2 cm³/mol. The fourth-order valence-corrected chi connectivity index (χ4v) is 2.01. The van der Waals surface area contributed by atoms with E-state index in [9.17, 15) is 0 Å². The van der Waals surface area contributed by atoms with Crippen LogP contribution >= 0.6 is 0 Å². The number of hydrogen-bond acceptors (Lipinski definition) is 4. The fraction of sp³-hybridized carbons (Fsp3) is 0.133. The molecule has 0 atom stereocenters. The molecular formula is C15H13N4O. The molecule has 1 aromatic carbocycles. The van der Waals surface area contributed by atoms with Gasteiger partial charge in [-0.15, -0.1) is 0 Å². The van der Waals surface area contributed by atoms with Gasteiger partial charge in [0.05, 0.1) is 13.7 Å². The van der Waals surface area contributed by atoms with Gasteiger partial charge in [0.15, 0.2) is 0 Å². The first-order chi connectivity index (χ1) is 9.86. The van der Waals surface area contributed by atoms with E-state index in [0.717, 1.165) is 16.7 Å². The van der Waals surface area contributed by atoms with Crippen molar-refractivity contribution >= 4 is 0 Å². The van der Waals surface area contributed by atoms with Gasteiger partial charge in [0.25, 0.3) is 0 Å². The Morgan fingerprint density at radius 1 is 1.40 bits per heavy atom. The van der Waals surface area contributed by atoms with Crippen LogP contribution < -0.4 is 4.74 Å². The summed E-state index contributed by atoms with van der Waals surface area (Å²) in [6, 6.07) is 12.8. The number of aromatic nitrogens is 4. The average molecular weight is 265 g/mol. The van der Waals surface area contributed by atoms with Gasteiger partial charge in [0.2, 0.25) is 5.88 Å². The number of rotatable bonds is 4. The Morgan fingerprint density at radius 2 is 2.35 bits per heavy atom. The molecule has 3 rings (SSSR count). The smallest absolute Gasteiger partial charge is 0.221 e. The first kappa shape index (κ1) is 12.3.